The van der Waals surface area contributed by atoms with Gasteiger partial charge in [-0.05, 0) is 18.4 Å². The number of rotatable bonds is 9. The molecule has 1 aromatic rings. The highest BCUT2D eigenvalue weighted by Crippen LogP contribution is 2.15. The Kier molecular flexibility index (Phi) is 7.67. The van der Waals surface area contributed by atoms with Crippen molar-refractivity contribution in [1.82, 2.24) is 5.48 Å². The molecular weight excluding hydrogens is 242 g/mol. The SMILES string of the molecule is CC(C)CONCC(O)COC(C)c1ccccc1. The fraction of sp³-hybridized carbons (Fsp3) is 0.600. The second-order valence-electron chi connectivity index (χ2n) is 5.09. The van der Waals surface area contributed by atoms with Gasteiger partial charge in [-0.3, -0.25) is 0 Å². The molecule has 2 N–H and O–H groups in total. The lowest BCUT2D eigenvalue weighted by Gasteiger charge is -2.17. The molecule has 1 aromatic carbocycles. The number of aliphatic hydroxyl groups excluding tert-OH is 1. The van der Waals surface area contributed by atoms with E-state index in [0.717, 1.165) is 5.56 Å². The van der Waals surface area contributed by atoms with Gasteiger partial charge in [-0.15, -0.1) is 0 Å². The molecule has 0 saturated heterocycles. The first kappa shape index (κ1) is 16.1. The lowest BCUT2D eigenvalue weighted by Crippen LogP contribution is -2.31. The van der Waals surface area contributed by atoms with Gasteiger partial charge in [-0.25, -0.2) is 0 Å². The molecule has 0 radical (unpaired) electrons. The molecule has 2 unspecified atom stereocenters. The monoisotopic (exact) mass is 267 g/mol. The van der Waals surface area contributed by atoms with Gasteiger partial charge in [0.05, 0.1) is 25.4 Å². The van der Waals surface area contributed by atoms with Crippen molar-refractivity contribution in [3.8, 4) is 0 Å². The minimum atomic E-state index is -0.571. The first-order valence-electron chi connectivity index (χ1n) is 6.79. The number of hydroxylamine groups is 1. The molecule has 0 saturated carbocycles. The molecule has 4 heteroatoms. The minimum absolute atomic E-state index is 0.0209. The van der Waals surface area contributed by atoms with E-state index in [1.807, 2.05) is 37.3 Å². The van der Waals surface area contributed by atoms with E-state index in [-0.39, 0.29) is 12.7 Å². The number of hydrogen-bond acceptors (Lipinski definition) is 4. The van der Waals surface area contributed by atoms with Crippen LogP contribution in [0.15, 0.2) is 30.3 Å². The Morgan fingerprint density at radius 3 is 2.42 bits per heavy atom. The first-order chi connectivity index (χ1) is 9.09. The van der Waals surface area contributed by atoms with Gasteiger partial charge in [0.2, 0.25) is 0 Å². The van der Waals surface area contributed by atoms with Gasteiger partial charge >= 0.3 is 0 Å². The highest BCUT2D eigenvalue weighted by Gasteiger charge is 2.09. The van der Waals surface area contributed by atoms with Crippen molar-refractivity contribution in [3.05, 3.63) is 35.9 Å². The lowest BCUT2D eigenvalue weighted by molar-refractivity contribution is -0.0375. The van der Waals surface area contributed by atoms with Crippen LogP contribution in [0, 0.1) is 5.92 Å². The van der Waals surface area contributed by atoms with Crippen LogP contribution in [0.2, 0.25) is 0 Å². The maximum absolute atomic E-state index is 9.74. The fourth-order valence-corrected chi connectivity index (χ4v) is 1.52. The van der Waals surface area contributed by atoms with Gasteiger partial charge in [0.25, 0.3) is 0 Å². The molecule has 0 spiro atoms. The van der Waals surface area contributed by atoms with E-state index in [1.54, 1.807) is 0 Å². The van der Waals surface area contributed by atoms with Gasteiger partial charge in [-0.2, -0.15) is 5.48 Å². The highest BCUT2D eigenvalue weighted by molar-refractivity contribution is 5.16. The van der Waals surface area contributed by atoms with E-state index in [9.17, 15) is 5.11 Å². The molecular formula is C15H25NO3. The first-order valence-corrected chi connectivity index (χ1v) is 6.79. The molecule has 2 atom stereocenters. The maximum atomic E-state index is 9.74. The van der Waals surface area contributed by atoms with Crippen LogP contribution in [0.3, 0.4) is 0 Å². The zero-order valence-corrected chi connectivity index (χ0v) is 12.0. The summed E-state index contributed by atoms with van der Waals surface area (Å²) in [6.45, 7) is 7.41. The molecule has 1 rings (SSSR count). The van der Waals surface area contributed by atoms with Crippen molar-refractivity contribution < 1.29 is 14.7 Å². The lowest BCUT2D eigenvalue weighted by atomic mass is 10.1. The predicted molar refractivity (Wildman–Crippen MR) is 75.6 cm³/mol. The number of hydrogen-bond donors (Lipinski definition) is 2. The molecule has 0 aliphatic rings. The smallest absolute Gasteiger partial charge is 0.0921 e. The van der Waals surface area contributed by atoms with E-state index in [2.05, 4.69) is 19.3 Å². The Morgan fingerprint density at radius 2 is 1.79 bits per heavy atom. The summed E-state index contributed by atoms with van der Waals surface area (Å²) in [7, 11) is 0. The van der Waals surface area contributed by atoms with Crippen molar-refractivity contribution >= 4 is 0 Å². The normalized spacial score (nSPS) is 14.6. The Balaban J connectivity index is 2.14. The topological polar surface area (TPSA) is 50.7 Å². The van der Waals surface area contributed by atoms with Crippen LogP contribution in [-0.2, 0) is 9.57 Å². The van der Waals surface area contributed by atoms with Crippen molar-refractivity contribution in [3.63, 3.8) is 0 Å². The van der Waals surface area contributed by atoms with E-state index >= 15 is 0 Å². The molecule has 4 nitrogen and oxygen atoms in total. The Hall–Kier alpha value is -0.940. The number of ether oxygens (including phenoxy) is 1. The van der Waals surface area contributed by atoms with Crippen LogP contribution >= 0.6 is 0 Å². The second-order valence-corrected chi connectivity index (χ2v) is 5.09. The second kappa shape index (κ2) is 9.04. The summed E-state index contributed by atoms with van der Waals surface area (Å²) >= 11 is 0. The third kappa shape index (κ3) is 7.28. The van der Waals surface area contributed by atoms with E-state index < -0.39 is 6.10 Å². The maximum Gasteiger partial charge on any atom is 0.0921 e. The molecule has 0 heterocycles. The molecule has 19 heavy (non-hydrogen) atoms. The number of benzene rings is 1. The third-order valence-corrected chi connectivity index (χ3v) is 2.65. The van der Waals surface area contributed by atoms with Crippen molar-refractivity contribution in [1.29, 1.82) is 0 Å². The fourth-order valence-electron chi connectivity index (χ4n) is 1.52. The van der Waals surface area contributed by atoms with Crippen LogP contribution < -0.4 is 5.48 Å². The average Bonchev–Trinajstić information content (AvgIpc) is 2.41. The number of aliphatic hydroxyl groups is 1. The zero-order chi connectivity index (χ0) is 14.1. The molecule has 0 aliphatic carbocycles. The summed E-state index contributed by atoms with van der Waals surface area (Å²) in [6.07, 6.45) is -0.592. The van der Waals surface area contributed by atoms with Crippen LogP contribution in [0.1, 0.15) is 32.4 Å². The van der Waals surface area contributed by atoms with E-state index in [1.165, 1.54) is 0 Å². The van der Waals surface area contributed by atoms with E-state index in [0.29, 0.717) is 19.1 Å². The van der Waals surface area contributed by atoms with Crippen molar-refractivity contribution in [2.24, 2.45) is 5.92 Å². The van der Waals surface area contributed by atoms with Crippen LogP contribution in [0.25, 0.3) is 0 Å². The summed E-state index contributed by atoms with van der Waals surface area (Å²) in [5.74, 6) is 0.471. The quantitative estimate of drug-likeness (QED) is 0.532. The number of nitrogens with one attached hydrogen (secondary N) is 1. The Labute approximate surface area is 115 Å². The summed E-state index contributed by atoms with van der Waals surface area (Å²) in [4.78, 5) is 5.19. The molecule has 0 bridgehead atoms. The van der Waals surface area contributed by atoms with Crippen LogP contribution in [-0.4, -0.2) is 31.0 Å². The van der Waals surface area contributed by atoms with Gasteiger partial charge in [0, 0.05) is 6.54 Å². The molecule has 0 aliphatic heterocycles. The van der Waals surface area contributed by atoms with Gasteiger partial charge in [-0.1, -0.05) is 44.2 Å². The molecule has 0 amide bonds. The van der Waals surface area contributed by atoms with Crippen LogP contribution in [0.4, 0.5) is 0 Å². The average molecular weight is 267 g/mol. The van der Waals surface area contributed by atoms with Crippen molar-refractivity contribution in [2.45, 2.75) is 33.0 Å². The predicted octanol–water partition coefficient (Wildman–Crippen LogP) is 2.30. The standard InChI is InChI=1S/C15H25NO3/c1-12(2)10-19-16-9-15(17)11-18-13(3)14-7-5-4-6-8-14/h4-8,12-13,15-17H,9-11H2,1-3H3. The molecule has 108 valence electrons. The highest BCUT2D eigenvalue weighted by atomic mass is 16.6. The van der Waals surface area contributed by atoms with E-state index in [4.69, 9.17) is 9.57 Å². The van der Waals surface area contributed by atoms with Gasteiger partial charge in [0.15, 0.2) is 0 Å². The summed E-state index contributed by atoms with van der Waals surface area (Å²) in [5.41, 5.74) is 3.86. The Bertz CT molecular complexity index is 329. The molecule has 0 fully saturated rings. The summed E-state index contributed by atoms with van der Waals surface area (Å²) in [6, 6.07) is 9.96. The summed E-state index contributed by atoms with van der Waals surface area (Å²) in [5, 5.41) is 9.74. The minimum Gasteiger partial charge on any atom is -0.389 e. The summed E-state index contributed by atoms with van der Waals surface area (Å²) < 4.78 is 5.62. The van der Waals surface area contributed by atoms with Crippen molar-refractivity contribution in [2.75, 3.05) is 19.8 Å². The van der Waals surface area contributed by atoms with Gasteiger partial charge < -0.3 is 14.7 Å². The Morgan fingerprint density at radius 1 is 1.11 bits per heavy atom. The zero-order valence-electron chi connectivity index (χ0n) is 12.0. The van der Waals surface area contributed by atoms with Crippen LogP contribution in [0.5, 0.6) is 0 Å². The molecule has 0 aromatic heterocycles. The largest absolute Gasteiger partial charge is 0.389 e. The third-order valence-electron chi connectivity index (χ3n) is 2.65. The van der Waals surface area contributed by atoms with Gasteiger partial charge in [0.1, 0.15) is 0 Å².